The molecule has 0 atom stereocenters. The molecule has 1 aromatic heterocycles. The Morgan fingerprint density at radius 2 is 1.66 bits per heavy atom. The molecule has 3 rings (SSSR count). The quantitative estimate of drug-likeness (QED) is 0.326. The molecule has 0 bridgehead atoms. The van der Waals surface area contributed by atoms with E-state index >= 15 is 0 Å². The third-order valence-electron chi connectivity index (χ3n) is 5.01. The lowest BCUT2D eigenvalue weighted by Gasteiger charge is -2.11. The van der Waals surface area contributed by atoms with Gasteiger partial charge in [0.1, 0.15) is 0 Å². The van der Waals surface area contributed by atoms with E-state index < -0.39 is 0 Å². The predicted octanol–water partition coefficient (Wildman–Crippen LogP) is 7.15. The van der Waals surface area contributed by atoms with Crippen molar-refractivity contribution in [2.45, 2.75) is 45.4 Å². The van der Waals surface area contributed by atoms with Crippen LogP contribution in [0.3, 0.4) is 0 Å². The first kappa shape index (κ1) is 20.9. The van der Waals surface area contributed by atoms with Crippen LogP contribution in [-0.2, 0) is 0 Å². The van der Waals surface area contributed by atoms with Gasteiger partial charge in [-0.1, -0.05) is 75.4 Å². The van der Waals surface area contributed by atoms with Crippen molar-refractivity contribution >= 4 is 23.1 Å². The molecule has 0 aliphatic carbocycles. The smallest absolute Gasteiger partial charge is 0.161 e. The lowest BCUT2D eigenvalue weighted by atomic mass is 10.1. The number of pyridine rings is 1. The second-order valence-corrected chi connectivity index (χ2v) is 7.29. The fourth-order valence-corrected chi connectivity index (χ4v) is 3.33. The topological polar surface area (TPSA) is 31.4 Å². The summed E-state index contributed by atoms with van der Waals surface area (Å²) in [5, 5.41) is 1.15. The molecule has 1 heterocycles. The van der Waals surface area contributed by atoms with Gasteiger partial charge in [-0.25, -0.2) is 4.98 Å². The van der Waals surface area contributed by atoms with E-state index in [1.54, 1.807) is 7.11 Å². The van der Waals surface area contributed by atoms with Gasteiger partial charge in [-0.2, -0.15) is 0 Å². The first-order chi connectivity index (χ1) is 14.3. The highest BCUT2D eigenvalue weighted by Crippen LogP contribution is 2.29. The Hall–Kier alpha value is -2.81. The number of methoxy groups -OCH3 is 1. The zero-order valence-corrected chi connectivity index (χ0v) is 17.6. The summed E-state index contributed by atoms with van der Waals surface area (Å²) in [7, 11) is 1.69. The number of nitrogens with zero attached hydrogens (tertiary/aromatic N) is 1. The summed E-state index contributed by atoms with van der Waals surface area (Å²) in [6.07, 6.45) is 11.6. The molecular weight excluding hydrogens is 358 g/mol. The second-order valence-electron chi connectivity index (χ2n) is 7.29. The zero-order valence-electron chi connectivity index (χ0n) is 17.6. The molecule has 0 saturated carbocycles. The lowest BCUT2D eigenvalue weighted by molar-refractivity contribution is 0.284. The molecule has 0 saturated heterocycles. The molecule has 0 radical (unpaired) electrons. The molecule has 2 aromatic carbocycles. The van der Waals surface area contributed by atoms with Gasteiger partial charge >= 0.3 is 0 Å². The van der Waals surface area contributed by atoms with E-state index in [2.05, 4.69) is 36.2 Å². The van der Waals surface area contributed by atoms with Gasteiger partial charge in [-0.15, -0.1) is 0 Å². The Morgan fingerprint density at radius 1 is 0.828 bits per heavy atom. The SMILES string of the molecule is CCCCCCCCOc1ccc(/C=C/c2ccc3ccccc3n2)cc1OC. The molecule has 29 heavy (non-hydrogen) atoms. The fraction of sp³-hybridized carbons (Fsp3) is 0.346. The highest BCUT2D eigenvalue weighted by atomic mass is 16.5. The number of hydrogen-bond acceptors (Lipinski definition) is 3. The highest BCUT2D eigenvalue weighted by molar-refractivity contribution is 5.80. The highest BCUT2D eigenvalue weighted by Gasteiger charge is 2.05. The lowest BCUT2D eigenvalue weighted by Crippen LogP contribution is -1.99. The normalized spacial score (nSPS) is 11.2. The van der Waals surface area contributed by atoms with Gasteiger partial charge in [0, 0.05) is 5.39 Å². The first-order valence-electron chi connectivity index (χ1n) is 10.6. The summed E-state index contributed by atoms with van der Waals surface area (Å²) in [5.41, 5.74) is 3.00. The van der Waals surface area contributed by atoms with Gasteiger partial charge in [0.05, 0.1) is 24.9 Å². The van der Waals surface area contributed by atoms with E-state index in [4.69, 9.17) is 9.47 Å². The minimum absolute atomic E-state index is 0.735. The van der Waals surface area contributed by atoms with Crippen LogP contribution in [0.4, 0.5) is 0 Å². The van der Waals surface area contributed by atoms with E-state index in [0.717, 1.165) is 46.7 Å². The Labute approximate surface area is 174 Å². The molecule has 0 amide bonds. The molecule has 3 heteroatoms. The van der Waals surface area contributed by atoms with Crippen molar-refractivity contribution < 1.29 is 9.47 Å². The van der Waals surface area contributed by atoms with E-state index in [-0.39, 0.29) is 0 Å². The zero-order chi connectivity index (χ0) is 20.3. The van der Waals surface area contributed by atoms with Gasteiger partial charge in [-0.3, -0.25) is 0 Å². The number of fused-ring (bicyclic) bond motifs is 1. The van der Waals surface area contributed by atoms with E-state index in [1.165, 1.54) is 32.1 Å². The van der Waals surface area contributed by atoms with Crippen molar-refractivity contribution in [3.05, 3.63) is 65.9 Å². The minimum atomic E-state index is 0.735. The molecule has 0 aliphatic rings. The van der Waals surface area contributed by atoms with Crippen molar-refractivity contribution in [1.82, 2.24) is 4.98 Å². The van der Waals surface area contributed by atoms with Crippen LogP contribution < -0.4 is 9.47 Å². The molecule has 152 valence electrons. The molecule has 0 unspecified atom stereocenters. The number of para-hydroxylation sites is 1. The van der Waals surface area contributed by atoms with Crippen LogP contribution in [0.15, 0.2) is 54.6 Å². The Morgan fingerprint density at radius 3 is 2.52 bits per heavy atom. The van der Waals surface area contributed by atoms with Crippen molar-refractivity contribution in [3.63, 3.8) is 0 Å². The number of hydrogen-bond donors (Lipinski definition) is 0. The van der Waals surface area contributed by atoms with Crippen LogP contribution in [-0.4, -0.2) is 18.7 Å². The monoisotopic (exact) mass is 389 g/mol. The molecule has 0 N–H and O–H groups in total. The number of ether oxygens (including phenoxy) is 2. The summed E-state index contributed by atoms with van der Waals surface area (Å²) in [4.78, 5) is 4.68. The summed E-state index contributed by atoms with van der Waals surface area (Å²) in [5.74, 6) is 1.58. The predicted molar refractivity (Wildman–Crippen MR) is 123 cm³/mol. The number of rotatable bonds is 11. The molecule has 3 nitrogen and oxygen atoms in total. The summed E-state index contributed by atoms with van der Waals surface area (Å²) >= 11 is 0. The van der Waals surface area contributed by atoms with Crippen LogP contribution in [0.2, 0.25) is 0 Å². The van der Waals surface area contributed by atoms with Crippen molar-refractivity contribution in [2.24, 2.45) is 0 Å². The Kier molecular flexibility index (Phi) is 8.12. The summed E-state index contributed by atoms with van der Waals surface area (Å²) in [6.45, 7) is 2.98. The Balaban J connectivity index is 1.58. The number of benzene rings is 2. The van der Waals surface area contributed by atoms with Crippen LogP contribution >= 0.6 is 0 Å². The summed E-state index contributed by atoms with van der Waals surface area (Å²) in [6, 6.07) is 18.3. The number of unbranched alkanes of at least 4 members (excludes halogenated alkanes) is 5. The molecule has 0 fully saturated rings. The Bertz CT molecular complexity index is 933. The molecule has 0 spiro atoms. The van der Waals surface area contributed by atoms with Crippen LogP contribution in [0.25, 0.3) is 23.1 Å². The van der Waals surface area contributed by atoms with Gasteiger partial charge in [-0.05, 0) is 42.3 Å². The fourth-order valence-electron chi connectivity index (χ4n) is 3.33. The van der Waals surface area contributed by atoms with Crippen molar-refractivity contribution in [3.8, 4) is 11.5 Å². The van der Waals surface area contributed by atoms with E-state index in [9.17, 15) is 0 Å². The van der Waals surface area contributed by atoms with Crippen molar-refractivity contribution in [2.75, 3.05) is 13.7 Å². The van der Waals surface area contributed by atoms with Gasteiger partial charge in [0.25, 0.3) is 0 Å². The largest absolute Gasteiger partial charge is 0.493 e. The van der Waals surface area contributed by atoms with Gasteiger partial charge < -0.3 is 9.47 Å². The van der Waals surface area contributed by atoms with E-state index in [1.807, 2.05) is 42.5 Å². The van der Waals surface area contributed by atoms with Crippen LogP contribution in [0.1, 0.15) is 56.7 Å². The van der Waals surface area contributed by atoms with Crippen LogP contribution in [0, 0.1) is 0 Å². The molecule has 0 aliphatic heterocycles. The maximum Gasteiger partial charge on any atom is 0.161 e. The van der Waals surface area contributed by atoms with Crippen LogP contribution in [0.5, 0.6) is 11.5 Å². The van der Waals surface area contributed by atoms with E-state index in [0.29, 0.717) is 0 Å². The maximum absolute atomic E-state index is 5.94. The number of aromatic nitrogens is 1. The molecular formula is C26H31NO2. The first-order valence-corrected chi connectivity index (χ1v) is 10.6. The summed E-state index contributed by atoms with van der Waals surface area (Å²) < 4.78 is 11.5. The second kappa shape index (κ2) is 11.3. The molecule has 3 aromatic rings. The van der Waals surface area contributed by atoms with Gasteiger partial charge in [0.2, 0.25) is 0 Å². The van der Waals surface area contributed by atoms with Gasteiger partial charge in [0.15, 0.2) is 11.5 Å². The third-order valence-corrected chi connectivity index (χ3v) is 5.01. The minimum Gasteiger partial charge on any atom is -0.493 e. The average molecular weight is 390 g/mol. The van der Waals surface area contributed by atoms with Crippen molar-refractivity contribution in [1.29, 1.82) is 0 Å². The average Bonchev–Trinajstić information content (AvgIpc) is 2.77. The third kappa shape index (κ3) is 6.35. The maximum atomic E-state index is 5.94. The standard InChI is InChI=1S/C26H31NO2/c1-3-4-5-6-7-10-19-29-25-18-14-21(20-26(25)28-2)13-16-23-17-15-22-11-8-9-12-24(22)27-23/h8-9,11-18,20H,3-7,10,19H2,1-2H3/b16-13+.